The largest absolute Gasteiger partial charge is 0.349 e. The number of carbonyl (C=O) groups is 1. The molecule has 0 heterocycles. The molecule has 1 fully saturated rings. The lowest BCUT2D eigenvalue weighted by Gasteiger charge is -2.28. The molecule has 104 valence electrons. The summed E-state index contributed by atoms with van der Waals surface area (Å²) in [5.74, 6) is -1.42. The molecule has 0 unspecified atom stereocenters. The molecular weight excluding hydrogens is 250 g/mol. The predicted molar refractivity (Wildman–Crippen MR) is 68.5 cm³/mol. The van der Waals surface area contributed by atoms with E-state index in [2.05, 4.69) is 5.32 Å². The predicted octanol–water partition coefficient (Wildman–Crippen LogP) is 1.89. The van der Waals surface area contributed by atoms with Crippen molar-refractivity contribution in [2.45, 2.75) is 37.6 Å². The second kappa shape index (κ2) is 5.65. The van der Waals surface area contributed by atoms with Crippen LogP contribution in [0.3, 0.4) is 0 Å². The molecular formula is C14H18F2N2O. The number of nitrogens with two attached hydrogens (primary N) is 1. The molecule has 3 nitrogen and oxygen atoms in total. The lowest BCUT2D eigenvalue weighted by Crippen LogP contribution is -2.52. The van der Waals surface area contributed by atoms with E-state index in [4.69, 9.17) is 5.73 Å². The van der Waals surface area contributed by atoms with Gasteiger partial charge in [0, 0.05) is 12.1 Å². The summed E-state index contributed by atoms with van der Waals surface area (Å²) in [6.07, 6.45) is 3.60. The summed E-state index contributed by atoms with van der Waals surface area (Å²) < 4.78 is 26.5. The minimum Gasteiger partial charge on any atom is -0.349 e. The highest BCUT2D eigenvalue weighted by atomic mass is 19.1. The number of carbonyl (C=O) groups excluding carboxylic acids is 1. The minimum absolute atomic E-state index is 0.0719. The van der Waals surface area contributed by atoms with Gasteiger partial charge in [-0.2, -0.15) is 0 Å². The van der Waals surface area contributed by atoms with Crippen molar-refractivity contribution >= 4 is 5.91 Å². The second-order valence-corrected chi connectivity index (χ2v) is 5.15. The molecule has 1 aromatic rings. The van der Waals surface area contributed by atoms with Crippen LogP contribution < -0.4 is 11.1 Å². The molecule has 2 rings (SSSR count). The second-order valence-electron chi connectivity index (χ2n) is 5.15. The van der Waals surface area contributed by atoms with Crippen LogP contribution in [0.4, 0.5) is 8.78 Å². The van der Waals surface area contributed by atoms with Gasteiger partial charge in [-0.1, -0.05) is 12.8 Å². The van der Waals surface area contributed by atoms with E-state index in [-0.39, 0.29) is 23.4 Å². The fourth-order valence-electron chi connectivity index (χ4n) is 2.62. The van der Waals surface area contributed by atoms with Crippen LogP contribution in [0.5, 0.6) is 0 Å². The first kappa shape index (κ1) is 13.9. The van der Waals surface area contributed by atoms with Crippen LogP contribution >= 0.6 is 0 Å². The molecule has 1 aliphatic rings. The summed E-state index contributed by atoms with van der Waals surface area (Å²) in [6, 6.07) is 3.12. The van der Waals surface area contributed by atoms with E-state index in [1.54, 1.807) is 0 Å². The Morgan fingerprint density at radius 2 is 2.00 bits per heavy atom. The van der Waals surface area contributed by atoms with Crippen LogP contribution in [0.2, 0.25) is 0 Å². The first-order valence-corrected chi connectivity index (χ1v) is 6.50. The molecule has 0 aliphatic heterocycles. The van der Waals surface area contributed by atoms with E-state index in [1.807, 2.05) is 0 Å². The average Bonchev–Trinajstić information content (AvgIpc) is 2.83. The highest BCUT2D eigenvalue weighted by Crippen LogP contribution is 2.28. The van der Waals surface area contributed by atoms with Gasteiger partial charge in [0.2, 0.25) is 5.91 Å². The van der Waals surface area contributed by atoms with Gasteiger partial charge in [-0.15, -0.1) is 0 Å². The highest BCUT2D eigenvalue weighted by Gasteiger charge is 2.33. The maximum absolute atomic E-state index is 13.4. The van der Waals surface area contributed by atoms with Crippen molar-refractivity contribution in [2.24, 2.45) is 5.73 Å². The van der Waals surface area contributed by atoms with E-state index < -0.39 is 11.6 Å². The van der Waals surface area contributed by atoms with Crippen LogP contribution in [-0.2, 0) is 11.2 Å². The molecule has 5 heteroatoms. The number of rotatable bonds is 4. The molecule has 0 atom stereocenters. The van der Waals surface area contributed by atoms with Gasteiger partial charge in [0.05, 0.1) is 12.0 Å². The molecule has 0 saturated heterocycles. The molecule has 1 saturated carbocycles. The van der Waals surface area contributed by atoms with E-state index in [9.17, 15) is 13.6 Å². The quantitative estimate of drug-likeness (QED) is 0.876. The monoisotopic (exact) mass is 268 g/mol. The summed E-state index contributed by atoms with van der Waals surface area (Å²) in [5, 5.41) is 2.88. The Labute approximate surface area is 111 Å². The summed E-state index contributed by atoms with van der Waals surface area (Å²) in [5.41, 5.74) is 5.43. The zero-order chi connectivity index (χ0) is 13.9. The molecule has 1 amide bonds. The Kier molecular flexibility index (Phi) is 4.14. The Morgan fingerprint density at radius 3 is 2.63 bits per heavy atom. The van der Waals surface area contributed by atoms with E-state index in [1.165, 1.54) is 0 Å². The Bertz CT molecular complexity index is 471. The number of amides is 1. The van der Waals surface area contributed by atoms with Crippen molar-refractivity contribution < 1.29 is 13.6 Å². The first-order valence-electron chi connectivity index (χ1n) is 6.50. The van der Waals surface area contributed by atoms with Gasteiger partial charge in [-0.25, -0.2) is 8.78 Å². The van der Waals surface area contributed by atoms with Crippen molar-refractivity contribution in [3.05, 3.63) is 35.4 Å². The smallest absolute Gasteiger partial charge is 0.225 e. The van der Waals surface area contributed by atoms with Gasteiger partial charge in [-0.05, 0) is 31.0 Å². The molecule has 0 aromatic heterocycles. The molecule has 1 aliphatic carbocycles. The SMILES string of the molecule is NCC1(NC(=O)Cc2cc(F)ccc2F)CCCC1. The fourth-order valence-corrected chi connectivity index (χ4v) is 2.62. The van der Waals surface area contributed by atoms with Gasteiger partial charge in [0.15, 0.2) is 0 Å². The third-order valence-corrected chi connectivity index (χ3v) is 3.71. The average molecular weight is 268 g/mol. The van der Waals surface area contributed by atoms with Gasteiger partial charge >= 0.3 is 0 Å². The lowest BCUT2D eigenvalue weighted by atomic mass is 9.97. The summed E-state index contributed by atoms with van der Waals surface area (Å²) >= 11 is 0. The number of hydrogen-bond donors (Lipinski definition) is 2. The number of halogens is 2. The van der Waals surface area contributed by atoms with Crippen molar-refractivity contribution in [1.82, 2.24) is 5.32 Å². The van der Waals surface area contributed by atoms with Gasteiger partial charge < -0.3 is 11.1 Å². The van der Waals surface area contributed by atoms with Crippen molar-refractivity contribution in [3.8, 4) is 0 Å². The standard InChI is InChI=1S/C14H18F2N2O/c15-11-3-4-12(16)10(7-11)8-13(19)18-14(9-17)5-1-2-6-14/h3-4,7H,1-2,5-6,8-9,17H2,(H,18,19). The van der Waals surface area contributed by atoms with Gasteiger partial charge in [0.25, 0.3) is 0 Å². The zero-order valence-corrected chi connectivity index (χ0v) is 10.7. The summed E-state index contributed by atoms with van der Waals surface area (Å²) in [4.78, 5) is 11.9. The molecule has 1 aromatic carbocycles. The topological polar surface area (TPSA) is 55.1 Å². The van der Waals surface area contributed by atoms with E-state index in [0.717, 1.165) is 43.9 Å². The number of hydrogen-bond acceptors (Lipinski definition) is 2. The highest BCUT2D eigenvalue weighted by molar-refractivity contribution is 5.79. The molecule has 3 N–H and O–H groups in total. The Morgan fingerprint density at radius 1 is 1.32 bits per heavy atom. The van der Waals surface area contributed by atoms with E-state index in [0.29, 0.717) is 6.54 Å². The Hall–Kier alpha value is -1.49. The van der Waals surface area contributed by atoms with Crippen LogP contribution in [0, 0.1) is 11.6 Å². The maximum Gasteiger partial charge on any atom is 0.225 e. The summed E-state index contributed by atoms with van der Waals surface area (Å²) in [6.45, 7) is 0.379. The molecule has 0 bridgehead atoms. The Balaban J connectivity index is 2.03. The van der Waals surface area contributed by atoms with Crippen LogP contribution in [-0.4, -0.2) is 18.0 Å². The van der Waals surface area contributed by atoms with Crippen LogP contribution in [0.15, 0.2) is 18.2 Å². The van der Waals surface area contributed by atoms with Crippen LogP contribution in [0.25, 0.3) is 0 Å². The normalized spacial score (nSPS) is 17.4. The fraction of sp³-hybridized carbons (Fsp3) is 0.500. The third-order valence-electron chi connectivity index (χ3n) is 3.71. The summed E-state index contributed by atoms with van der Waals surface area (Å²) in [7, 11) is 0. The van der Waals surface area contributed by atoms with Crippen LogP contribution in [0.1, 0.15) is 31.2 Å². The van der Waals surface area contributed by atoms with Gasteiger partial charge in [0.1, 0.15) is 11.6 Å². The third kappa shape index (κ3) is 3.29. The number of nitrogens with one attached hydrogen (secondary N) is 1. The van der Waals surface area contributed by atoms with E-state index >= 15 is 0 Å². The maximum atomic E-state index is 13.4. The molecule has 0 spiro atoms. The lowest BCUT2D eigenvalue weighted by molar-refractivity contribution is -0.122. The minimum atomic E-state index is -0.565. The zero-order valence-electron chi connectivity index (χ0n) is 10.7. The van der Waals surface area contributed by atoms with Gasteiger partial charge in [-0.3, -0.25) is 4.79 Å². The molecule has 19 heavy (non-hydrogen) atoms. The van der Waals surface area contributed by atoms with Crippen molar-refractivity contribution in [3.63, 3.8) is 0 Å². The number of benzene rings is 1. The first-order chi connectivity index (χ1) is 9.04. The molecule has 0 radical (unpaired) electrons. The van der Waals surface area contributed by atoms with Crippen molar-refractivity contribution in [1.29, 1.82) is 0 Å². The van der Waals surface area contributed by atoms with Crippen molar-refractivity contribution in [2.75, 3.05) is 6.54 Å².